The highest BCUT2D eigenvalue weighted by atomic mass is 32.2. The van der Waals surface area contributed by atoms with Crippen LogP contribution in [0.2, 0.25) is 0 Å². The molecule has 0 atom stereocenters. The van der Waals surface area contributed by atoms with Crippen molar-refractivity contribution in [2.24, 2.45) is 0 Å². The monoisotopic (exact) mass is 467 g/mol. The number of nitrogens with one attached hydrogen (secondary N) is 2. The molecular weight excluding hydrogens is 442 g/mol. The maximum absolute atomic E-state index is 13.1. The molecule has 9 heteroatoms. The van der Waals surface area contributed by atoms with Gasteiger partial charge in [-0.3, -0.25) is 14.3 Å². The van der Waals surface area contributed by atoms with Crippen LogP contribution in [0.3, 0.4) is 0 Å². The number of rotatable bonds is 8. The third-order valence-corrected chi connectivity index (χ3v) is 6.37. The number of ether oxygens (including phenoxy) is 1. The first kappa shape index (κ1) is 23.8. The number of anilines is 2. The van der Waals surface area contributed by atoms with E-state index in [4.69, 9.17) is 4.74 Å². The predicted octanol–water partition coefficient (Wildman–Crippen LogP) is 3.52. The lowest BCUT2D eigenvalue weighted by atomic mass is 10.1. The Hall–Kier alpha value is -3.85. The SMILES string of the molecule is COc1ccccc1NS(=O)(=O)c1cc(C(=O)N(C)CC(=O)Nc2ccccc2)ccc1C. The minimum atomic E-state index is -4.00. The van der Waals surface area contributed by atoms with Gasteiger partial charge in [-0.2, -0.15) is 0 Å². The molecule has 0 fully saturated rings. The van der Waals surface area contributed by atoms with Crippen molar-refractivity contribution in [1.82, 2.24) is 4.90 Å². The third kappa shape index (κ3) is 5.89. The van der Waals surface area contributed by atoms with Gasteiger partial charge in [0, 0.05) is 18.3 Å². The summed E-state index contributed by atoms with van der Waals surface area (Å²) in [7, 11) is -1.08. The van der Waals surface area contributed by atoms with Gasteiger partial charge in [-0.1, -0.05) is 36.4 Å². The lowest BCUT2D eigenvalue weighted by molar-refractivity contribution is -0.116. The summed E-state index contributed by atoms with van der Waals surface area (Å²) < 4.78 is 33.8. The molecule has 33 heavy (non-hydrogen) atoms. The van der Waals surface area contributed by atoms with Crippen LogP contribution in [-0.4, -0.2) is 45.8 Å². The normalized spacial score (nSPS) is 10.9. The fraction of sp³-hybridized carbons (Fsp3) is 0.167. The Labute approximate surface area is 193 Å². The number of benzene rings is 3. The van der Waals surface area contributed by atoms with Crippen LogP contribution in [0.1, 0.15) is 15.9 Å². The standard InChI is InChI=1S/C24H25N3O5S/c1-17-13-14-18(24(29)27(2)16-23(28)25-19-9-5-4-6-10-19)15-22(17)33(30,31)26-20-11-7-8-12-21(20)32-3/h4-15,26H,16H2,1-3H3,(H,25,28). The zero-order valence-corrected chi connectivity index (χ0v) is 19.3. The molecule has 0 radical (unpaired) electrons. The van der Waals surface area contributed by atoms with Crippen LogP contribution in [0, 0.1) is 6.92 Å². The van der Waals surface area contributed by atoms with Crippen LogP contribution >= 0.6 is 0 Å². The van der Waals surface area contributed by atoms with Crippen LogP contribution in [-0.2, 0) is 14.8 Å². The largest absolute Gasteiger partial charge is 0.495 e. The van der Waals surface area contributed by atoms with Gasteiger partial charge >= 0.3 is 0 Å². The molecule has 0 saturated carbocycles. The Balaban J connectivity index is 1.78. The molecule has 0 aliphatic heterocycles. The van der Waals surface area contributed by atoms with Crippen LogP contribution in [0.5, 0.6) is 5.75 Å². The molecule has 0 spiro atoms. The van der Waals surface area contributed by atoms with E-state index in [1.54, 1.807) is 61.5 Å². The molecule has 0 unspecified atom stereocenters. The molecule has 0 aliphatic carbocycles. The van der Waals surface area contributed by atoms with E-state index in [-0.39, 0.29) is 28.6 Å². The van der Waals surface area contributed by atoms with Gasteiger partial charge in [-0.15, -0.1) is 0 Å². The van der Waals surface area contributed by atoms with Crippen LogP contribution in [0.4, 0.5) is 11.4 Å². The first-order valence-corrected chi connectivity index (χ1v) is 11.6. The molecule has 0 aliphatic rings. The van der Waals surface area contributed by atoms with E-state index in [2.05, 4.69) is 10.0 Å². The van der Waals surface area contributed by atoms with E-state index >= 15 is 0 Å². The number of nitrogens with zero attached hydrogens (tertiary/aromatic N) is 1. The molecule has 172 valence electrons. The van der Waals surface area contributed by atoms with E-state index in [9.17, 15) is 18.0 Å². The molecule has 3 aromatic rings. The van der Waals surface area contributed by atoms with Gasteiger partial charge < -0.3 is 15.0 Å². The Kier molecular flexibility index (Phi) is 7.34. The van der Waals surface area contributed by atoms with Crippen molar-refractivity contribution in [2.45, 2.75) is 11.8 Å². The van der Waals surface area contributed by atoms with Gasteiger partial charge in [-0.25, -0.2) is 8.42 Å². The number of methoxy groups -OCH3 is 1. The average Bonchev–Trinajstić information content (AvgIpc) is 2.79. The molecular formula is C24H25N3O5S. The number of hydrogen-bond donors (Lipinski definition) is 2. The smallest absolute Gasteiger partial charge is 0.262 e. The van der Waals surface area contributed by atoms with Crippen molar-refractivity contribution < 1.29 is 22.7 Å². The van der Waals surface area contributed by atoms with E-state index < -0.39 is 15.9 Å². The van der Waals surface area contributed by atoms with Crippen molar-refractivity contribution in [3.63, 3.8) is 0 Å². The van der Waals surface area contributed by atoms with E-state index in [0.717, 1.165) is 0 Å². The first-order chi connectivity index (χ1) is 15.7. The molecule has 0 bridgehead atoms. The lowest BCUT2D eigenvalue weighted by Crippen LogP contribution is -2.35. The maximum Gasteiger partial charge on any atom is 0.262 e. The van der Waals surface area contributed by atoms with E-state index in [1.165, 1.54) is 31.2 Å². The molecule has 0 aromatic heterocycles. The van der Waals surface area contributed by atoms with Crippen molar-refractivity contribution >= 4 is 33.2 Å². The molecule has 8 nitrogen and oxygen atoms in total. The number of hydrogen-bond acceptors (Lipinski definition) is 5. The Morgan fingerprint density at radius 1 is 0.970 bits per heavy atom. The number of likely N-dealkylation sites (N-methyl/N-ethyl adjacent to an activating group) is 1. The fourth-order valence-electron chi connectivity index (χ4n) is 3.18. The van der Waals surface area contributed by atoms with Gasteiger partial charge in [0.15, 0.2) is 0 Å². The number of sulfonamides is 1. The molecule has 2 N–H and O–H groups in total. The van der Waals surface area contributed by atoms with Crippen LogP contribution in [0.15, 0.2) is 77.7 Å². The second-order valence-electron chi connectivity index (χ2n) is 7.36. The molecule has 3 rings (SSSR count). The number of amides is 2. The van der Waals surface area contributed by atoms with Gasteiger partial charge in [0.25, 0.3) is 15.9 Å². The molecule has 0 saturated heterocycles. The van der Waals surface area contributed by atoms with Gasteiger partial charge in [0.05, 0.1) is 24.2 Å². The Bertz CT molecular complexity index is 1260. The van der Waals surface area contributed by atoms with E-state index in [0.29, 0.717) is 17.0 Å². The van der Waals surface area contributed by atoms with E-state index in [1.807, 2.05) is 6.07 Å². The van der Waals surface area contributed by atoms with Gasteiger partial charge in [0.2, 0.25) is 5.91 Å². The minimum absolute atomic E-state index is 0.0404. The summed E-state index contributed by atoms with van der Waals surface area (Å²) in [6, 6.07) is 19.9. The molecule has 0 heterocycles. The summed E-state index contributed by atoms with van der Waals surface area (Å²) in [4.78, 5) is 26.4. The predicted molar refractivity (Wildman–Crippen MR) is 127 cm³/mol. The molecule has 3 aromatic carbocycles. The van der Waals surface area contributed by atoms with Crippen LogP contribution in [0.25, 0.3) is 0 Å². The average molecular weight is 468 g/mol. The number of aryl methyl sites for hydroxylation is 1. The van der Waals surface area contributed by atoms with Crippen molar-refractivity contribution in [1.29, 1.82) is 0 Å². The van der Waals surface area contributed by atoms with Crippen molar-refractivity contribution in [2.75, 3.05) is 30.7 Å². The third-order valence-electron chi connectivity index (χ3n) is 4.86. The quantitative estimate of drug-likeness (QED) is 0.528. The summed E-state index contributed by atoms with van der Waals surface area (Å²) >= 11 is 0. The summed E-state index contributed by atoms with van der Waals surface area (Å²) in [5.41, 5.74) is 1.52. The van der Waals surface area contributed by atoms with Crippen molar-refractivity contribution in [3.8, 4) is 5.75 Å². The summed E-state index contributed by atoms with van der Waals surface area (Å²) in [6.07, 6.45) is 0. The zero-order chi connectivity index (χ0) is 24.0. The second-order valence-corrected chi connectivity index (χ2v) is 9.01. The maximum atomic E-state index is 13.1. The summed E-state index contributed by atoms with van der Waals surface area (Å²) in [5, 5.41) is 2.71. The molecule has 2 amide bonds. The topological polar surface area (TPSA) is 105 Å². The van der Waals surface area contributed by atoms with Gasteiger partial charge in [-0.05, 0) is 48.9 Å². The number of carbonyl (C=O) groups excluding carboxylic acids is 2. The highest BCUT2D eigenvalue weighted by molar-refractivity contribution is 7.92. The first-order valence-electron chi connectivity index (χ1n) is 10.1. The van der Waals surface area contributed by atoms with Gasteiger partial charge in [0.1, 0.15) is 5.75 Å². The second kappa shape index (κ2) is 10.2. The Morgan fingerprint density at radius 2 is 1.64 bits per heavy atom. The number of para-hydroxylation sites is 3. The van der Waals surface area contributed by atoms with Crippen LogP contribution < -0.4 is 14.8 Å². The number of carbonyl (C=O) groups is 2. The lowest BCUT2D eigenvalue weighted by Gasteiger charge is -2.18. The fourth-order valence-corrected chi connectivity index (χ4v) is 4.52. The summed E-state index contributed by atoms with van der Waals surface area (Å²) in [6.45, 7) is 1.45. The Morgan fingerprint density at radius 3 is 2.33 bits per heavy atom. The summed E-state index contributed by atoms with van der Waals surface area (Å²) in [5.74, 6) is -0.475. The highest BCUT2D eigenvalue weighted by Gasteiger charge is 2.22. The van der Waals surface area contributed by atoms with Crippen molar-refractivity contribution in [3.05, 3.63) is 83.9 Å². The minimum Gasteiger partial charge on any atom is -0.495 e. The zero-order valence-electron chi connectivity index (χ0n) is 18.5. The highest BCUT2D eigenvalue weighted by Crippen LogP contribution is 2.27.